The van der Waals surface area contributed by atoms with E-state index >= 15 is 0 Å². The monoisotopic (exact) mass is 269 g/mol. The number of nitrogens with one attached hydrogen (secondary N) is 1. The first-order valence-electron chi connectivity index (χ1n) is 5.71. The van der Waals surface area contributed by atoms with Crippen molar-refractivity contribution in [3.8, 4) is 0 Å². The molecule has 0 saturated carbocycles. The highest BCUT2D eigenvalue weighted by Crippen LogP contribution is 2.30. The molecule has 1 fully saturated rings. The van der Waals surface area contributed by atoms with Crippen molar-refractivity contribution >= 4 is 28.2 Å². The van der Waals surface area contributed by atoms with E-state index in [1.54, 1.807) is 19.9 Å². The Bertz CT molecular complexity index is 488. The molecule has 1 aromatic rings. The normalized spacial score (nSPS) is 23.0. The zero-order chi connectivity index (χ0) is 13.3. The van der Waals surface area contributed by atoms with Crippen LogP contribution in [0, 0.1) is 6.92 Å². The largest absolute Gasteiger partial charge is 0.477 e. The second-order valence-corrected chi connectivity index (χ2v) is 5.62. The summed E-state index contributed by atoms with van der Waals surface area (Å²) >= 11 is 1.07. The molecule has 2 heterocycles. The fourth-order valence-corrected chi connectivity index (χ4v) is 2.86. The molecule has 0 bridgehead atoms. The molecule has 1 amide bonds. The number of amides is 1. The van der Waals surface area contributed by atoms with Crippen molar-refractivity contribution in [3.63, 3.8) is 0 Å². The summed E-state index contributed by atoms with van der Waals surface area (Å²) in [6.07, 6.45) is 1.56. The van der Waals surface area contributed by atoms with Crippen LogP contribution in [0.1, 0.15) is 35.0 Å². The summed E-state index contributed by atoms with van der Waals surface area (Å²) in [4.78, 5) is 23.2. The van der Waals surface area contributed by atoms with Crippen LogP contribution >= 0.6 is 11.3 Å². The lowest BCUT2D eigenvalue weighted by molar-refractivity contribution is -0.133. The molecule has 1 saturated heterocycles. The van der Waals surface area contributed by atoms with Crippen molar-refractivity contribution in [3.05, 3.63) is 16.5 Å². The number of carbonyl (C=O) groups excluding carboxylic acids is 1. The molecule has 2 rings (SSSR count). The van der Waals surface area contributed by atoms with Crippen LogP contribution in [0.3, 0.4) is 0 Å². The zero-order valence-electron chi connectivity index (χ0n) is 10.3. The van der Waals surface area contributed by atoms with E-state index in [9.17, 15) is 9.59 Å². The van der Waals surface area contributed by atoms with Gasteiger partial charge in [0.15, 0.2) is 0 Å². The van der Waals surface area contributed by atoms with Crippen LogP contribution in [0.15, 0.2) is 6.07 Å². The summed E-state index contributed by atoms with van der Waals surface area (Å²) in [7, 11) is 0. The number of aromatic carboxylic acids is 1. The fourth-order valence-electron chi connectivity index (χ4n) is 1.96. The third-order valence-electron chi connectivity index (χ3n) is 3.05. The van der Waals surface area contributed by atoms with Crippen LogP contribution in [0.4, 0.5) is 5.00 Å². The first-order chi connectivity index (χ1) is 8.42. The number of hydrogen-bond donors (Lipinski definition) is 2. The molecule has 5 nitrogen and oxygen atoms in total. The van der Waals surface area contributed by atoms with Crippen LogP contribution in [0.5, 0.6) is 0 Å². The molecule has 1 atom stereocenters. The average Bonchev–Trinajstić information content (AvgIpc) is 2.86. The summed E-state index contributed by atoms with van der Waals surface area (Å²) in [6.45, 7) is 4.06. The number of aryl methyl sites for hydroxylation is 1. The van der Waals surface area contributed by atoms with E-state index in [2.05, 4.69) is 5.32 Å². The SMILES string of the molecule is Cc1cc(NC(=O)C2(C)CCCO2)sc1C(=O)O. The van der Waals surface area contributed by atoms with Gasteiger partial charge in [0.05, 0.1) is 5.00 Å². The van der Waals surface area contributed by atoms with Crippen molar-refractivity contribution in [1.82, 2.24) is 0 Å². The Morgan fingerprint density at radius 1 is 1.56 bits per heavy atom. The first kappa shape index (κ1) is 13.0. The molecular formula is C12H15NO4S. The molecule has 1 aliphatic rings. The van der Waals surface area contributed by atoms with E-state index in [4.69, 9.17) is 9.84 Å². The third kappa shape index (κ3) is 2.39. The summed E-state index contributed by atoms with van der Waals surface area (Å²) < 4.78 is 5.44. The van der Waals surface area contributed by atoms with E-state index in [0.717, 1.165) is 17.8 Å². The van der Waals surface area contributed by atoms with Gasteiger partial charge < -0.3 is 15.2 Å². The number of thiophene rings is 1. The standard InChI is InChI=1S/C12H15NO4S/c1-7-6-8(18-9(7)10(14)15)13-11(16)12(2)4-3-5-17-12/h6H,3-5H2,1-2H3,(H,13,16)(H,14,15). The van der Waals surface area contributed by atoms with E-state index in [1.165, 1.54) is 0 Å². The van der Waals surface area contributed by atoms with Crippen LogP contribution in [0.2, 0.25) is 0 Å². The van der Waals surface area contributed by atoms with Crippen molar-refractivity contribution in [2.75, 3.05) is 11.9 Å². The Balaban J connectivity index is 2.12. The van der Waals surface area contributed by atoms with Gasteiger partial charge in [-0.3, -0.25) is 4.79 Å². The maximum atomic E-state index is 12.1. The summed E-state index contributed by atoms with van der Waals surface area (Å²) in [6, 6.07) is 1.67. The Morgan fingerprint density at radius 3 is 2.78 bits per heavy atom. The lowest BCUT2D eigenvalue weighted by Gasteiger charge is -2.21. The van der Waals surface area contributed by atoms with Gasteiger partial charge in [0.25, 0.3) is 5.91 Å². The van der Waals surface area contributed by atoms with Gasteiger partial charge in [-0.15, -0.1) is 11.3 Å². The highest BCUT2D eigenvalue weighted by atomic mass is 32.1. The molecule has 18 heavy (non-hydrogen) atoms. The zero-order valence-corrected chi connectivity index (χ0v) is 11.1. The van der Waals surface area contributed by atoms with Gasteiger partial charge in [-0.25, -0.2) is 4.79 Å². The number of rotatable bonds is 3. The van der Waals surface area contributed by atoms with Crippen molar-refractivity contribution in [1.29, 1.82) is 0 Å². The Morgan fingerprint density at radius 2 is 2.28 bits per heavy atom. The lowest BCUT2D eigenvalue weighted by atomic mass is 10.0. The topological polar surface area (TPSA) is 75.6 Å². The number of hydrogen-bond acceptors (Lipinski definition) is 4. The maximum absolute atomic E-state index is 12.1. The van der Waals surface area contributed by atoms with E-state index in [0.29, 0.717) is 23.6 Å². The van der Waals surface area contributed by atoms with Gasteiger partial charge in [0.1, 0.15) is 10.5 Å². The minimum atomic E-state index is -0.971. The van der Waals surface area contributed by atoms with E-state index in [-0.39, 0.29) is 10.8 Å². The van der Waals surface area contributed by atoms with Crippen molar-refractivity contribution < 1.29 is 19.4 Å². The van der Waals surface area contributed by atoms with Crippen LogP contribution in [0.25, 0.3) is 0 Å². The quantitative estimate of drug-likeness (QED) is 0.882. The van der Waals surface area contributed by atoms with Crippen LogP contribution < -0.4 is 5.32 Å². The molecule has 1 aliphatic heterocycles. The maximum Gasteiger partial charge on any atom is 0.346 e. The first-order valence-corrected chi connectivity index (χ1v) is 6.53. The minimum absolute atomic E-state index is 0.210. The molecular weight excluding hydrogens is 254 g/mol. The second kappa shape index (κ2) is 4.70. The van der Waals surface area contributed by atoms with E-state index in [1.807, 2.05) is 0 Å². The average molecular weight is 269 g/mol. The molecule has 0 aromatic carbocycles. The number of carbonyl (C=O) groups is 2. The van der Waals surface area contributed by atoms with Crippen LogP contribution in [-0.4, -0.2) is 29.2 Å². The molecule has 6 heteroatoms. The Labute approximate surface area is 109 Å². The fraction of sp³-hybridized carbons (Fsp3) is 0.500. The number of carboxylic acid groups (broad SMARTS) is 1. The van der Waals surface area contributed by atoms with Gasteiger partial charge in [-0.1, -0.05) is 0 Å². The van der Waals surface area contributed by atoms with Gasteiger partial charge in [-0.2, -0.15) is 0 Å². The lowest BCUT2D eigenvalue weighted by Crippen LogP contribution is -2.39. The van der Waals surface area contributed by atoms with Crippen LogP contribution in [-0.2, 0) is 9.53 Å². The molecule has 0 aliphatic carbocycles. The molecule has 2 N–H and O–H groups in total. The van der Waals surface area contributed by atoms with Gasteiger partial charge in [0, 0.05) is 6.61 Å². The summed E-state index contributed by atoms with van der Waals surface area (Å²) in [5.41, 5.74) is -0.137. The minimum Gasteiger partial charge on any atom is -0.477 e. The van der Waals surface area contributed by atoms with Gasteiger partial charge in [-0.05, 0) is 38.3 Å². The number of carboxylic acids is 1. The highest BCUT2D eigenvalue weighted by molar-refractivity contribution is 7.18. The molecule has 0 radical (unpaired) electrons. The smallest absolute Gasteiger partial charge is 0.346 e. The van der Waals surface area contributed by atoms with Crippen molar-refractivity contribution in [2.45, 2.75) is 32.3 Å². The second-order valence-electron chi connectivity index (χ2n) is 4.56. The van der Waals surface area contributed by atoms with Gasteiger partial charge in [0.2, 0.25) is 0 Å². The molecule has 98 valence electrons. The summed E-state index contributed by atoms with van der Waals surface area (Å²) in [5.74, 6) is -1.18. The van der Waals surface area contributed by atoms with Gasteiger partial charge >= 0.3 is 5.97 Å². The number of ether oxygens (including phenoxy) is 1. The predicted molar refractivity (Wildman–Crippen MR) is 68.2 cm³/mol. The summed E-state index contributed by atoms with van der Waals surface area (Å²) in [5, 5.41) is 12.2. The van der Waals surface area contributed by atoms with Crippen molar-refractivity contribution in [2.24, 2.45) is 0 Å². The Hall–Kier alpha value is -1.40. The number of anilines is 1. The predicted octanol–water partition coefficient (Wildman–Crippen LogP) is 2.26. The molecule has 0 spiro atoms. The Kier molecular flexibility index (Phi) is 3.41. The third-order valence-corrected chi connectivity index (χ3v) is 4.19. The molecule has 1 unspecified atom stereocenters. The van der Waals surface area contributed by atoms with E-state index < -0.39 is 11.6 Å². The molecule has 1 aromatic heterocycles. The highest BCUT2D eigenvalue weighted by Gasteiger charge is 2.38.